The van der Waals surface area contributed by atoms with Crippen molar-refractivity contribution in [1.29, 1.82) is 0 Å². The maximum Gasteiger partial charge on any atom is 0.336 e. The van der Waals surface area contributed by atoms with Gasteiger partial charge in [0.15, 0.2) is 12.0 Å². The number of carbonyl (C=O) groups is 2. The van der Waals surface area contributed by atoms with Crippen molar-refractivity contribution in [2.75, 3.05) is 38.2 Å². The van der Waals surface area contributed by atoms with Gasteiger partial charge >= 0.3 is 5.97 Å². The predicted octanol–water partition coefficient (Wildman–Crippen LogP) is 1.64. The normalized spacial score (nSPS) is 16.0. The standard InChI is InChI=1S/C13H15BrN2O4/c1-20-12-10(8-17)9(13(18)19)2-3-11(12)15-4-6-16(14)7-5-15/h2-3,8H,4-7H2,1H3,(H,18,19). The van der Waals surface area contributed by atoms with Crippen molar-refractivity contribution in [2.45, 2.75) is 0 Å². The lowest BCUT2D eigenvalue weighted by atomic mass is 10.0. The topological polar surface area (TPSA) is 70.1 Å². The van der Waals surface area contributed by atoms with Crippen LogP contribution in [-0.2, 0) is 0 Å². The molecule has 0 bridgehead atoms. The zero-order valence-electron chi connectivity index (χ0n) is 11.0. The summed E-state index contributed by atoms with van der Waals surface area (Å²) < 4.78 is 7.31. The van der Waals surface area contributed by atoms with Gasteiger partial charge < -0.3 is 14.7 Å². The van der Waals surface area contributed by atoms with E-state index in [1.54, 1.807) is 6.07 Å². The number of aldehydes is 1. The van der Waals surface area contributed by atoms with Gasteiger partial charge in [-0.3, -0.25) is 4.79 Å². The molecular weight excluding hydrogens is 328 g/mol. The Morgan fingerprint density at radius 3 is 2.50 bits per heavy atom. The molecule has 6 nitrogen and oxygen atoms in total. The van der Waals surface area contributed by atoms with Gasteiger partial charge in [0.1, 0.15) is 0 Å². The molecule has 0 radical (unpaired) electrons. The fourth-order valence-corrected chi connectivity index (χ4v) is 2.60. The first kappa shape index (κ1) is 14.8. The molecule has 0 spiro atoms. The lowest BCUT2D eigenvalue weighted by Gasteiger charge is -2.34. The molecule has 2 rings (SSSR count). The van der Waals surface area contributed by atoms with Crippen molar-refractivity contribution in [3.05, 3.63) is 23.3 Å². The van der Waals surface area contributed by atoms with E-state index < -0.39 is 5.97 Å². The summed E-state index contributed by atoms with van der Waals surface area (Å²) in [5.74, 6) is -0.815. The Hall–Kier alpha value is -1.60. The van der Waals surface area contributed by atoms with Crippen LogP contribution >= 0.6 is 16.1 Å². The third-order valence-electron chi connectivity index (χ3n) is 3.29. The second-order valence-corrected chi connectivity index (χ2v) is 5.40. The molecule has 1 saturated heterocycles. The number of carboxylic acid groups (broad SMARTS) is 1. The highest BCUT2D eigenvalue weighted by atomic mass is 79.9. The van der Waals surface area contributed by atoms with E-state index in [4.69, 9.17) is 9.84 Å². The Kier molecular flexibility index (Phi) is 4.61. The molecular formula is C13H15BrN2O4. The van der Waals surface area contributed by atoms with Crippen LogP contribution in [0.15, 0.2) is 12.1 Å². The van der Waals surface area contributed by atoms with Gasteiger partial charge in [0.05, 0.1) is 23.9 Å². The lowest BCUT2D eigenvalue weighted by molar-refractivity contribution is 0.0693. The largest absolute Gasteiger partial charge is 0.494 e. The zero-order valence-corrected chi connectivity index (χ0v) is 12.6. The molecule has 1 aromatic carbocycles. The highest BCUT2D eigenvalue weighted by Crippen LogP contribution is 2.34. The highest BCUT2D eigenvalue weighted by molar-refractivity contribution is 9.07. The van der Waals surface area contributed by atoms with Crippen molar-refractivity contribution in [3.63, 3.8) is 0 Å². The SMILES string of the molecule is COc1c(N2CCN(Br)CC2)ccc(C(=O)O)c1C=O. The molecule has 20 heavy (non-hydrogen) atoms. The zero-order chi connectivity index (χ0) is 14.7. The summed E-state index contributed by atoms with van der Waals surface area (Å²) in [4.78, 5) is 24.4. The van der Waals surface area contributed by atoms with E-state index in [1.807, 2.05) is 3.93 Å². The minimum absolute atomic E-state index is 0.0419. The van der Waals surface area contributed by atoms with Gasteiger partial charge in [-0.15, -0.1) is 0 Å². The minimum Gasteiger partial charge on any atom is -0.494 e. The molecule has 1 fully saturated rings. The Labute approximate surface area is 125 Å². The van der Waals surface area contributed by atoms with Crippen molar-refractivity contribution < 1.29 is 19.4 Å². The van der Waals surface area contributed by atoms with Crippen LogP contribution < -0.4 is 9.64 Å². The molecule has 1 heterocycles. The second kappa shape index (κ2) is 6.23. The number of carboxylic acids is 1. The van der Waals surface area contributed by atoms with Crippen molar-refractivity contribution in [2.24, 2.45) is 0 Å². The molecule has 1 aliphatic heterocycles. The van der Waals surface area contributed by atoms with Gasteiger partial charge in [0.25, 0.3) is 0 Å². The van der Waals surface area contributed by atoms with Crippen LogP contribution in [0.4, 0.5) is 5.69 Å². The average Bonchev–Trinajstić information content (AvgIpc) is 2.46. The number of aromatic carboxylic acids is 1. The van der Waals surface area contributed by atoms with Gasteiger partial charge in [-0.25, -0.2) is 8.72 Å². The quantitative estimate of drug-likeness (QED) is 0.662. The summed E-state index contributed by atoms with van der Waals surface area (Å²) in [6, 6.07) is 3.14. The summed E-state index contributed by atoms with van der Waals surface area (Å²) in [6.07, 6.45) is 0.534. The molecule has 0 unspecified atom stereocenters. The first-order valence-corrected chi connectivity index (χ1v) is 6.84. The maximum atomic E-state index is 11.2. The number of anilines is 1. The first-order chi connectivity index (χ1) is 9.58. The van der Waals surface area contributed by atoms with Gasteiger partial charge in [-0.05, 0) is 12.1 Å². The third-order valence-corrected chi connectivity index (χ3v) is 4.00. The minimum atomic E-state index is -1.14. The Morgan fingerprint density at radius 1 is 1.35 bits per heavy atom. The van der Waals surface area contributed by atoms with Crippen LogP contribution in [0.5, 0.6) is 5.75 Å². The summed E-state index contributed by atoms with van der Waals surface area (Å²) in [5, 5.41) is 9.11. The number of benzene rings is 1. The number of ether oxygens (including phenoxy) is 1. The van der Waals surface area contributed by atoms with Crippen LogP contribution in [0.2, 0.25) is 0 Å². The predicted molar refractivity (Wildman–Crippen MR) is 78.1 cm³/mol. The van der Waals surface area contributed by atoms with Crippen LogP contribution in [0.3, 0.4) is 0 Å². The van der Waals surface area contributed by atoms with E-state index in [-0.39, 0.29) is 11.1 Å². The van der Waals surface area contributed by atoms with E-state index in [2.05, 4.69) is 21.0 Å². The van der Waals surface area contributed by atoms with E-state index in [0.717, 1.165) is 31.9 Å². The fraction of sp³-hybridized carbons (Fsp3) is 0.385. The average molecular weight is 343 g/mol. The lowest BCUT2D eigenvalue weighted by Crippen LogP contribution is -2.42. The molecule has 7 heteroatoms. The molecule has 1 aromatic rings. The van der Waals surface area contributed by atoms with E-state index in [1.165, 1.54) is 13.2 Å². The van der Waals surface area contributed by atoms with E-state index in [9.17, 15) is 9.59 Å². The Morgan fingerprint density at radius 2 is 2.00 bits per heavy atom. The molecule has 0 saturated carbocycles. The van der Waals surface area contributed by atoms with Crippen LogP contribution in [-0.4, -0.2) is 54.6 Å². The van der Waals surface area contributed by atoms with Crippen molar-refractivity contribution in [1.82, 2.24) is 3.93 Å². The van der Waals surface area contributed by atoms with Gasteiger partial charge in [0, 0.05) is 42.3 Å². The third kappa shape index (κ3) is 2.78. The van der Waals surface area contributed by atoms with Gasteiger partial charge in [-0.2, -0.15) is 0 Å². The number of methoxy groups -OCH3 is 1. The highest BCUT2D eigenvalue weighted by Gasteiger charge is 2.23. The first-order valence-electron chi connectivity index (χ1n) is 6.13. The van der Waals surface area contributed by atoms with Gasteiger partial charge in [-0.1, -0.05) is 0 Å². The maximum absolute atomic E-state index is 11.2. The van der Waals surface area contributed by atoms with Crippen LogP contribution in [0.1, 0.15) is 20.7 Å². The monoisotopic (exact) mass is 342 g/mol. The number of halogens is 1. The van der Waals surface area contributed by atoms with E-state index >= 15 is 0 Å². The molecule has 108 valence electrons. The number of piperazine rings is 1. The smallest absolute Gasteiger partial charge is 0.336 e. The second-order valence-electron chi connectivity index (χ2n) is 4.40. The number of carbonyl (C=O) groups excluding carboxylic acids is 1. The summed E-state index contributed by atoms with van der Waals surface area (Å²) in [5.41, 5.74) is 0.790. The number of hydrogen-bond acceptors (Lipinski definition) is 5. The molecule has 0 atom stereocenters. The molecule has 0 aliphatic carbocycles. The fourth-order valence-electron chi connectivity index (χ4n) is 2.28. The summed E-state index contributed by atoms with van der Waals surface area (Å²) in [7, 11) is 1.44. The van der Waals surface area contributed by atoms with Crippen molar-refractivity contribution >= 4 is 34.1 Å². The van der Waals surface area contributed by atoms with Gasteiger partial charge in [0.2, 0.25) is 0 Å². The molecule has 1 N–H and O–H groups in total. The molecule has 0 aromatic heterocycles. The summed E-state index contributed by atoms with van der Waals surface area (Å²) >= 11 is 3.42. The van der Waals surface area contributed by atoms with E-state index in [0.29, 0.717) is 12.0 Å². The summed E-state index contributed by atoms with van der Waals surface area (Å²) in [6.45, 7) is 3.21. The van der Waals surface area contributed by atoms with Crippen molar-refractivity contribution in [3.8, 4) is 5.75 Å². The number of rotatable bonds is 4. The Balaban J connectivity index is 2.43. The number of nitrogens with zero attached hydrogens (tertiary/aromatic N) is 2. The molecule has 1 aliphatic rings. The number of hydrogen-bond donors (Lipinski definition) is 1. The Bertz CT molecular complexity index is 527. The molecule has 0 amide bonds. The van der Waals surface area contributed by atoms with Crippen LogP contribution in [0, 0.1) is 0 Å². The van der Waals surface area contributed by atoms with Crippen LogP contribution in [0.25, 0.3) is 0 Å².